The van der Waals surface area contributed by atoms with Gasteiger partial charge in [-0.2, -0.15) is 26.3 Å². The summed E-state index contributed by atoms with van der Waals surface area (Å²) in [6.07, 6.45) is -6.92. The Kier molecular flexibility index (Phi) is 8.04. The fraction of sp³-hybridized carbons (Fsp3) is 0.444. The van der Waals surface area contributed by atoms with E-state index < -0.39 is 40.8 Å². The molecule has 1 N–H and O–H groups in total. The molecule has 0 unspecified atom stereocenters. The Labute approximate surface area is 227 Å². The Hall–Kier alpha value is -3.77. The standard InChI is InChI=1S/C27H29F6N5O2/c1-3-13-25(14-4-2)22-35-15-36(21-11-7-19(8-12-21)27(31,32)33)17-38(22)24(40)37(23(25)39)16-34-20-9-5-18(6-10-20)26(28,29)30/h5-12,34H,3-4,13-17H2,1-2H3. The fourth-order valence-corrected chi connectivity index (χ4v) is 5.19. The first kappa shape index (κ1) is 29.2. The first-order chi connectivity index (χ1) is 18.8. The lowest BCUT2D eigenvalue weighted by molar-refractivity contribution is -0.138. The SMILES string of the molecule is CCCC1(CCC)C(=O)N(CNc2ccc(C(F)(F)F)cc2)C(=O)N2CN(c3ccc(C(F)(F)F)cc3)CN=C21. The van der Waals surface area contributed by atoms with Gasteiger partial charge in [0.05, 0.1) is 17.8 Å². The molecule has 2 aliphatic rings. The largest absolute Gasteiger partial charge is 0.416 e. The first-order valence-corrected chi connectivity index (χ1v) is 12.8. The normalized spacial score (nSPS) is 17.6. The minimum atomic E-state index is -4.50. The molecule has 2 aromatic rings. The van der Waals surface area contributed by atoms with Crippen molar-refractivity contribution in [1.29, 1.82) is 0 Å². The number of aliphatic imine (C=N–C) groups is 1. The zero-order valence-electron chi connectivity index (χ0n) is 21.9. The highest BCUT2D eigenvalue weighted by molar-refractivity contribution is 6.21. The van der Waals surface area contributed by atoms with Gasteiger partial charge in [-0.05, 0) is 61.4 Å². The molecule has 216 valence electrons. The number of halogens is 6. The molecule has 3 amide bonds. The molecule has 0 radical (unpaired) electrons. The lowest BCUT2D eigenvalue weighted by Crippen LogP contribution is -2.68. The topological polar surface area (TPSA) is 68.2 Å². The van der Waals surface area contributed by atoms with Crippen molar-refractivity contribution in [2.24, 2.45) is 10.4 Å². The minimum absolute atomic E-state index is 0.0394. The third-order valence-corrected chi connectivity index (χ3v) is 7.07. The Bertz CT molecular complexity index is 1250. The number of nitrogens with one attached hydrogen (secondary N) is 1. The van der Waals surface area contributed by atoms with Gasteiger partial charge in [0.1, 0.15) is 24.6 Å². The van der Waals surface area contributed by atoms with Crippen molar-refractivity contribution in [2.45, 2.75) is 51.9 Å². The van der Waals surface area contributed by atoms with E-state index in [9.17, 15) is 35.9 Å². The van der Waals surface area contributed by atoms with Gasteiger partial charge in [0, 0.05) is 11.4 Å². The molecule has 13 heteroatoms. The van der Waals surface area contributed by atoms with E-state index in [0.717, 1.165) is 29.2 Å². The van der Waals surface area contributed by atoms with Gasteiger partial charge in [-0.1, -0.05) is 26.7 Å². The summed E-state index contributed by atoms with van der Waals surface area (Å²) in [6, 6.07) is 8.07. The van der Waals surface area contributed by atoms with Gasteiger partial charge in [0.2, 0.25) is 5.91 Å². The van der Waals surface area contributed by atoms with Gasteiger partial charge < -0.3 is 10.2 Å². The van der Waals surface area contributed by atoms with E-state index in [2.05, 4.69) is 10.3 Å². The minimum Gasteiger partial charge on any atom is -0.367 e. The van der Waals surface area contributed by atoms with Crippen LogP contribution in [0.4, 0.5) is 42.5 Å². The van der Waals surface area contributed by atoms with E-state index in [-0.39, 0.29) is 25.7 Å². The van der Waals surface area contributed by atoms with E-state index in [1.54, 1.807) is 4.90 Å². The van der Waals surface area contributed by atoms with Crippen molar-refractivity contribution < 1.29 is 35.9 Å². The highest BCUT2D eigenvalue weighted by Gasteiger charge is 2.55. The van der Waals surface area contributed by atoms with Crippen molar-refractivity contribution in [3.63, 3.8) is 0 Å². The lowest BCUT2D eigenvalue weighted by atomic mass is 9.74. The predicted octanol–water partition coefficient (Wildman–Crippen LogP) is 6.78. The molecular weight excluding hydrogens is 540 g/mol. The van der Waals surface area contributed by atoms with Crippen LogP contribution in [0.15, 0.2) is 53.5 Å². The maximum Gasteiger partial charge on any atom is 0.416 e. The van der Waals surface area contributed by atoms with Crippen LogP contribution in [0.5, 0.6) is 0 Å². The van der Waals surface area contributed by atoms with Crippen molar-refractivity contribution >= 4 is 29.1 Å². The van der Waals surface area contributed by atoms with E-state index in [1.807, 2.05) is 13.8 Å². The Morgan fingerprint density at radius 2 is 1.38 bits per heavy atom. The molecule has 7 nitrogen and oxygen atoms in total. The number of carbonyl (C=O) groups is 2. The molecule has 0 bridgehead atoms. The number of amidine groups is 1. The fourth-order valence-electron chi connectivity index (χ4n) is 5.19. The van der Waals surface area contributed by atoms with Crippen molar-refractivity contribution in [3.8, 4) is 0 Å². The van der Waals surface area contributed by atoms with Gasteiger partial charge in [-0.3, -0.25) is 9.69 Å². The van der Waals surface area contributed by atoms with E-state index >= 15 is 0 Å². The monoisotopic (exact) mass is 569 g/mol. The maximum atomic E-state index is 13.9. The molecular formula is C27H29F6N5O2. The van der Waals surface area contributed by atoms with Crippen LogP contribution >= 0.6 is 0 Å². The Morgan fingerprint density at radius 1 is 0.850 bits per heavy atom. The summed E-state index contributed by atoms with van der Waals surface area (Å²) < 4.78 is 77.9. The van der Waals surface area contributed by atoms with Gasteiger partial charge in [-0.15, -0.1) is 0 Å². The number of carbonyl (C=O) groups excluding carboxylic acids is 2. The van der Waals surface area contributed by atoms with Crippen LogP contribution in [0.1, 0.15) is 50.7 Å². The number of fused-ring (bicyclic) bond motifs is 1. The van der Waals surface area contributed by atoms with Gasteiger partial charge in [0.15, 0.2) is 0 Å². The molecule has 0 aliphatic carbocycles. The van der Waals surface area contributed by atoms with Crippen molar-refractivity contribution in [3.05, 3.63) is 59.7 Å². The van der Waals surface area contributed by atoms with Crippen LogP contribution in [-0.4, -0.2) is 47.6 Å². The number of urea groups is 1. The Balaban J connectivity index is 1.63. The highest BCUT2D eigenvalue weighted by atomic mass is 19.4. The number of rotatable bonds is 8. The second-order valence-corrected chi connectivity index (χ2v) is 9.78. The number of nitrogens with zero attached hydrogens (tertiary/aromatic N) is 4. The highest BCUT2D eigenvalue weighted by Crippen LogP contribution is 2.41. The smallest absolute Gasteiger partial charge is 0.367 e. The summed E-state index contributed by atoms with van der Waals surface area (Å²) in [5.74, 6) is -0.112. The third kappa shape index (κ3) is 5.59. The lowest BCUT2D eigenvalue weighted by Gasteiger charge is -2.50. The van der Waals surface area contributed by atoms with Crippen molar-refractivity contribution in [1.82, 2.24) is 9.80 Å². The molecule has 2 heterocycles. The summed E-state index contributed by atoms with van der Waals surface area (Å²) >= 11 is 0. The van der Waals surface area contributed by atoms with Crippen LogP contribution in [-0.2, 0) is 17.1 Å². The summed E-state index contributed by atoms with van der Waals surface area (Å²) in [5.41, 5.74) is -2.01. The van der Waals surface area contributed by atoms with Crippen LogP contribution in [0.3, 0.4) is 0 Å². The third-order valence-electron chi connectivity index (χ3n) is 7.07. The zero-order chi connectivity index (χ0) is 29.3. The molecule has 2 aromatic carbocycles. The Morgan fingerprint density at radius 3 is 1.88 bits per heavy atom. The number of imide groups is 1. The second-order valence-electron chi connectivity index (χ2n) is 9.78. The first-order valence-electron chi connectivity index (χ1n) is 12.8. The predicted molar refractivity (Wildman–Crippen MR) is 137 cm³/mol. The van der Waals surface area contributed by atoms with Crippen LogP contribution in [0, 0.1) is 5.41 Å². The number of anilines is 2. The van der Waals surface area contributed by atoms with Crippen LogP contribution < -0.4 is 10.2 Å². The molecule has 4 rings (SSSR count). The van der Waals surface area contributed by atoms with Gasteiger partial charge >= 0.3 is 18.4 Å². The van der Waals surface area contributed by atoms with Gasteiger partial charge in [0.25, 0.3) is 0 Å². The molecule has 40 heavy (non-hydrogen) atoms. The zero-order valence-corrected chi connectivity index (χ0v) is 21.9. The number of alkyl halides is 6. The molecule has 0 aromatic heterocycles. The van der Waals surface area contributed by atoms with E-state index in [1.165, 1.54) is 29.2 Å². The molecule has 0 saturated carbocycles. The molecule has 1 saturated heterocycles. The summed E-state index contributed by atoms with van der Waals surface area (Å²) in [5, 5.41) is 2.86. The second kappa shape index (κ2) is 11.0. The quantitative estimate of drug-likeness (QED) is 0.356. The van der Waals surface area contributed by atoms with E-state index in [0.29, 0.717) is 37.2 Å². The number of hydrogen-bond donors (Lipinski definition) is 1. The van der Waals surface area contributed by atoms with Gasteiger partial charge in [-0.25, -0.2) is 14.7 Å². The number of benzene rings is 2. The van der Waals surface area contributed by atoms with Crippen LogP contribution in [0.25, 0.3) is 0 Å². The average molecular weight is 570 g/mol. The summed E-state index contributed by atoms with van der Waals surface area (Å²) in [6.45, 7) is 3.55. The van der Waals surface area contributed by atoms with E-state index in [4.69, 9.17) is 0 Å². The van der Waals surface area contributed by atoms with Crippen LogP contribution in [0.2, 0.25) is 0 Å². The summed E-state index contributed by atoms with van der Waals surface area (Å²) in [4.78, 5) is 36.1. The maximum absolute atomic E-state index is 13.9. The molecule has 0 spiro atoms. The van der Waals surface area contributed by atoms with Crippen molar-refractivity contribution in [2.75, 3.05) is 30.2 Å². The number of amides is 3. The molecule has 1 fully saturated rings. The summed E-state index contributed by atoms with van der Waals surface area (Å²) in [7, 11) is 0. The molecule has 0 atom stereocenters. The average Bonchev–Trinajstić information content (AvgIpc) is 2.91. The molecule has 2 aliphatic heterocycles. The number of hydrogen-bond acceptors (Lipinski definition) is 5.